The van der Waals surface area contributed by atoms with E-state index in [9.17, 15) is 14.4 Å². The van der Waals surface area contributed by atoms with Gasteiger partial charge in [0, 0.05) is 25.6 Å². The molecule has 0 aliphatic heterocycles. The van der Waals surface area contributed by atoms with Crippen LogP contribution in [0.5, 0.6) is 0 Å². The molecule has 0 saturated heterocycles. The Bertz CT molecular complexity index is 734. The quantitative estimate of drug-likeness (QED) is 0.559. The zero-order valence-corrected chi connectivity index (χ0v) is 13.0. The van der Waals surface area contributed by atoms with Gasteiger partial charge in [0.05, 0.1) is 13.7 Å². The van der Waals surface area contributed by atoms with Crippen molar-refractivity contribution in [3.05, 3.63) is 34.9 Å². The van der Waals surface area contributed by atoms with Crippen LogP contribution in [0.15, 0.2) is 29.2 Å². The highest BCUT2D eigenvalue weighted by Gasteiger charge is 2.08. The number of esters is 1. The summed E-state index contributed by atoms with van der Waals surface area (Å²) in [5.74, 6) is -0.394. The molecule has 0 atom stereocenters. The molecular formula is C15H20N4O4. The number of hydrogen-bond donors (Lipinski definition) is 1. The molecule has 0 radical (unpaired) electrons. The normalized spacial score (nSPS) is 10.7. The molecule has 8 nitrogen and oxygen atoms in total. The molecule has 0 fully saturated rings. The monoisotopic (exact) mass is 320 g/mol. The number of amides is 1. The summed E-state index contributed by atoms with van der Waals surface area (Å²) in [6.07, 6.45) is 3.54. The van der Waals surface area contributed by atoms with Crippen molar-refractivity contribution in [2.45, 2.75) is 32.2 Å². The maximum atomic E-state index is 12.0. The van der Waals surface area contributed by atoms with E-state index in [0.717, 1.165) is 0 Å². The van der Waals surface area contributed by atoms with Crippen LogP contribution in [0.3, 0.4) is 0 Å². The van der Waals surface area contributed by atoms with Crippen LogP contribution in [-0.4, -0.2) is 39.7 Å². The number of aryl methyl sites for hydroxylation is 1. The molecule has 0 aliphatic rings. The maximum Gasteiger partial charge on any atom is 0.350 e. The molecule has 2 aromatic rings. The van der Waals surface area contributed by atoms with Crippen molar-refractivity contribution in [1.82, 2.24) is 19.5 Å². The van der Waals surface area contributed by atoms with Gasteiger partial charge in [-0.05, 0) is 25.0 Å². The molecule has 124 valence electrons. The first-order valence-corrected chi connectivity index (χ1v) is 7.49. The fourth-order valence-electron chi connectivity index (χ4n) is 2.13. The first kappa shape index (κ1) is 16.7. The third kappa shape index (κ3) is 4.67. The number of hydrogen-bond acceptors (Lipinski definition) is 5. The molecule has 0 bridgehead atoms. The molecule has 2 aromatic heterocycles. The summed E-state index contributed by atoms with van der Waals surface area (Å²) in [5, 5.41) is 6.92. The number of aromatic nitrogens is 3. The summed E-state index contributed by atoms with van der Waals surface area (Å²) in [6, 6.07) is 5.29. The Morgan fingerprint density at radius 1 is 1.26 bits per heavy atom. The molecular weight excluding hydrogens is 300 g/mol. The first-order chi connectivity index (χ1) is 11.1. The van der Waals surface area contributed by atoms with E-state index in [2.05, 4.69) is 15.2 Å². The molecule has 1 amide bonds. The Balaban J connectivity index is 1.72. The lowest BCUT2D eigenvalue weighted by molar-refractivity contribution is -0.140. The van der Waals surface area contributed by atoms with Gasteiger partial charge in [-0.25, -0.2) is 9.48 Å². The van der Waals surface area contributed by atoms with E-state index in [1.165, 1.54) is 16.2 Å². The minimum atomic E-state index is -0.258. The summed E-state index contributed by atoms with van der Waals surface area (Å²) in [7, 11) is 1.35. The predicted octanol–water partition coefficient (Wildman–Crippen LogP) is 0.346. The van der Waals surface area contributed by atoms with Gasteiger partial charge in [-0.15, -0.1) is 5.10 Å². The van der Waals surface area contributed by atoms with Gasteiger partial charge in [0.2, 0.25) is 5.91 Å². The van der Waals surface area contributed by atoms with Crippen LogP contribution >= 0.6 is 0 Å². The molecule has 2 rings (SSSR count). The number of pyridine rings is 1. The smallest absolute Gasteiger partial charge is 0.350 e. The standard InChI is InChI=1S/C15H20N4O4/c1-23-14(21)7-2-4-9-16-13(20)8-11-19-15(22)18-10-5-3-6-12(18)17-19/h3,5-6,10H,2,4,7-9,11H2,1H3,(H,16,20). The number of methoxy groups -OCH3 is 1. The fourth-order valence-corrected chi connectivity index (χ4v) is 2.13. The van der Waals surface area contributed by atoms with Crippen LogP contribution in [0.25, 0.3) is 5.65 Å². The topological polar surface area (TPSA) is 94.7 Å². The largest absolute Gasteiger partial charge is 0.469 e. The molecule has 1 N–H and O–H groups in total. The van der Waals surface area contributed by atoms with Crippen LogP contribution in [0, 0.1) is 0 Å². The van der Waals surface area contributed by atoms with Gasteiger partial charge in [0.15, 0.2) is 5.65 Å². The highest BCUT2D eigenvalue weighted by Crippen LogP contribution is 1.97. The Morgan fingerprint density at radius 3 is 2.83 bits per heavy atom. The van der Waals surface area contributed by atoms with Gasteiger partial charge >= 0.3 is 11.7 Å². The highest BCUT2D eigenvalue weighted by atomic mass is 16.5. The van der Waals surface area contributed by atoms with Crippen LogP contribution in [0.4, 0.5) is 0 Å². The number of carbonyl (C=O) groups excluding carboxylic acids is 2. The number of ether oxygens (including phenoxy) is 1. The molecule has 23 heavy (non-hydrogen) atoms. The number of nitrogens with one attached hydrogen (secondary N) is 1. The Morgan fingerprint density at radius 2 is 2.09 bits per heavy atom. The highest BCUT2D eigenvalue weighted by molar-refractivity contribution is 5.75. The summed E-state index contributed by atoms with van der Waals surface area (Å²) >= 11 is 0. The number of unbranched alkanes of at least 4 members (excludes halogenated alkanes) is 1. The van der Waals surface area contributed by atoms with E-state index in [0.29, 0.717) is 31.5 Å². The molecule has 0 aliphatic carbocycles. The van der Waals surface area contributed by atoms with E-state index >= 15 is 0 Å². The number of carbonyl (C=O) groups is 2. The lowest BCUT2D eigenvalue weighted by atomic mass is 10.2. The second-order valence-corrected chi connectivity index (χ2v) is 5.07. The van der Waals surface area contributed by atoms with E-state index in [1.54, 1.807) is 24.4 Å². The third-order valence-electron chi connectivity index (χ3n) is 3.40. The van der Waals surface area contributed by atoms with Crippen molar-refractivity contribution in [2.75, 3.05) is 13.7 Å². The van der Waals surface area contributed by atoms with Gasteiger partial charge < -0.3 is 10.1 Å². The van der Waals surface area contributed by atoms with Crippen molar-refractivity contribution in [3.63, 3.8) is 0 Å². The molecule has 0 saturated carbocycles. The third-order valence-corrected chi connectivity index (χ3v) is 3.40. The summed E-state index contributed by atoms with van der Waals surface area (Å²) < 4.78 is 7.25. The van der Waals surface area contributed by atoms with Crippen LogP contribution in [0.2, 0.25) is 0 Å². The molecule has 0 spiro atoms. The van der Waals surface area contributed by atoms with Crippen LogP contribution in [-0.2, 0) is 20.9 Å². The Hall–Kier alpha value is -2.64. The minimum absolute atomic E-state index is 0.146. The molecule has 0 unspecified atom stereocenters. The zero-order chi connectivity index (χ0) is 16.7. The summed E-state index contributed by atoms with van der Waals surface area (Å²) in [5.41, 5.74) is 0.298. The Kier molecular flexibility index (Phi) is 5.90. The molecule has 2 heterocycles. The SMILES string of the molecule is COC(=O)CCCCNC(=O)CCn1nc2ccccn2c1=O. The first-order valence-electron chi connectivity index (χ1n) is 7.49. The minimum Gasteiger partial charge on any atom is -0.469 e. The number of fused-ring (bicyclic) bond motifs is 1. The van der Waals surface area contributed by atoms with E-state index in [-0.39, 0.29) is 30.5 Å². The van der Waals surface area contributed by atoms with Crippen molar-refractivity contribution in [3.8, 4) is 0 Å². The Labute approximate surface area is 133 Å². The average Bonchev–Trinajstić information content (AvgIpc) is 2.89. The van der Waals surface area contributed by atoms with Gasteiger partial charge in [-0.1, -0.05) is 6.07 Å². The van der Waals surface area contributed by atoms with Crippen LogP contribution in [0.1, 0.15) is 25.7 Å². The molecule has 0 aromatic carbocycles. The zero-order valence-electron chi connectivity index (χ0n) is 13.0. The van der Waals surface area contributed by atoms with Gasteiger partial charge in [-0.2, -0.15) is 0 Å². The lowest BCUT2D eigenvalue weighted by Gasteiger charge is -2.04. The van der Waals surface area contributed by atoms with E-state index in [4.69, 9.17) is 0 Å². The lowest BCUT2D eigenvalue weighted by Crippen LogP contribution is -2.28. The van der Waals surface area contributed by atoms with Gasteiger partial charge in [-0.3, -0.25) is 14.0 Å². The summed E-state index contributed by atoms with van der Waals surface area (Å²) in [6.45, 7) is 0.727. The maximum absolute atomic E-state index is 12.0. The van der Waals surface area contributed by atoms with Crippen molar-refractivity contribution < 1.29 is 14.3 Å². The fraction of sp³-hybridized carbons (Fsp3) is 0.467. The van der Waals surface area contributed by atoms with Crippen molar-refractivity contribution >= 4 is 17.5 Å². The number of rotatable bonds is 8. The van der Waals surface area contributed by atoms with E-state index in [1.807, 2.05) is 0 Å². The predicted molar refractivity (Wildman–Crippen MR) is 82.9 cm³/mol. The second kappa shape index (κ2) is 8.11. The summed E-state index contributed by atoms with van der Waals surface area (Å²) in [4.78, 5) is 34.7. The van der Waals surface area contributed by atoms with Gasteiger partial charge in [0.1, 0.15) is 0 Å². The van der Waals surface area contributed by atoms with Gasteiger partial charge in [0.25, 0.3) is 0 Å². The second-order valence-electron chi connectivity index (χ2n) is 5.07. The van der Waals surface area contributed by atoms with Crippen molar-refractivity contribution in [1.29, 1.82) is 0 Å². The average molecular weight is 320 g/mol. The van der Waals surface area contributed by atoms with E-state index < -0.39 is 0 Å². The number of nitrogens with zero attached hydrogens (tertiary/aromatic N) is 3. The molecule has 8 heteroatoms. The van der Waals surface area contributed by atoms with Crippen molar-refractivity contribution in [2.24, 2.45) is 0 Å². The van der Waals surface area contributed by atoms with Crippen LogP contribution < -0.4 is 11.0 Å².